The van der Waals surface area contributed by atoms with E-state index >= 15 is 0 Å². The highest BCUT2D eigenvalue weighted by Gasteiger charge is 2.37. The van der Waals surface area contributed by atoms with E-state index in [-0.39, 0.29) is 5.41 Å². The molecular weight excluding hydrogens is 490 g/mol. The highest BCUT2D eigenvalue weighted by Crippen LogP contribution is 2.54. The fourth-order valence-electron chi connectivity index (χ4n) is 7.22. The van der Waals surface area contributed by atoms with Gasteiger partial charge in [-0.1, -0.05) is 111 Å². The molecule has 1 aliphatic carbocycles. The van der Waals surface area contributed by atoms with Crippen LogP contribution in [0.3, 0.4) is 0 Å². The number of rotatable bonds is 1. The first-order chi connectivity index (χ1) is 19.1. The van der Waals surface area contributed by atoms with Crippen molar-refractivity contribution >= 4 is 64.1 Å². The second kappa shape index (κ2) is 7.37. The zero-order valence-electron chi connectivity index (χ0n) is 21.8. The SMILES string of the molecule is CC1(C)c2ccccc2-c2c1ccc1sc3c(ccc4c5ccccc5n(-c5cccc6ccccc56)c43)c21. The third kappa shape index (κ3) is 2.65. The molecule has 0 N–H and O–H groups in total. The minimum absolute atomic E-state index is 0.00364. The first-order valence-corrected chi connectivity index (χ1v) is 14.4. The summed E-state index contributed by atoms with van der Waals surface area (Å²) in [5.74, 6) is 0. The summed E-state index contributed by atoms with van der Waals surface area (Å²) in [5, 5.41) is 7.92. The van der Waals surface area contributed by atoms with Crippen LogP contribution in [0.4, 0.5) is 0 Å². The summed E-state index contributed by atoms with van der Waals surface area (Å²) in [4.78, 5) is 0. The predicted molar refractivity (Wildman–Crippen MR) is 169 cm³/mol. The number of nitrogens with zero attached hydrogens (tertiary/aromatic N) is 1. The highest BCUT2D eigenvalue weighted by atomic mass is 32.1. The largest absolute Gasteiger partial charge is 0.307 e. The monoisotopic (exact) mass is 515 g/mol. The van der Waals surface area contributed by atoms with Crippen molar-refractivity contribution in [3.63, 3.8) is 0 Å². The fourth-order valence-corrected chi connectivity index (χ4v) is 8.47. The second-order valence-corrected chi connectivity index (χ2v) is 12.4. The van der Waals surface area contributed by atoms with Crippen LogP contribution in [-0.2, 0) is 5.41 Å². The molecule has 0 atom stereocenters. The van der Waals surface area contributed by atoms with Crippen molar-refractivity contribution in [2.24, 2.45) is 0 Å². The Kier molecular flexibility index (Phi) is 4.07. The lowest BCUT2D eigenvalue weighted by Crippen LogP contribution is -2.14. The van der Waals surface area contributed by atoms with Gasteiger partial charge >= 0.3 is 0 Å². The molecule has 0 amide bonds. The molecule has 2 heterocycles. The minimum Gasteiger partial charge on any atom is -0.307 e. The molecule has 2 heteroatoms. The van der Waals surface area contributed by atoms with Gasteiger partial charge in [0.1, 0.15) is 0 Å². The minimum atomic E-state index is -0.00364. The van der Waals surface area contributed by atoms with E-state index in [4.69, 9.17) is 0 Å². The molecule has 0 saturated heterocycles. The zero-order valence-corrected chi connectivity index (χ0v) is 22.6. The number of aromatic nitrogens is 1. The van der Waals surface area contributed by atoms with E-state index in [1.807, 2.05) is 11.3 Å². The van der Waals surface area contributed by atoms with E-state index in [9.17, 15) is 0 Å². The molecule has 0 bridgehead atoms. The summed E-state index contributed by atoms with van der Waals surface area (Å²) in [7, 11) is 0. The summed E-state index contributed by atoms with van der Waals surface area (Å²) >= 11 is 1.94. The van der Waals surface area contributed by atoms with Crippen molar-refractivity contribution in [2.45, 2.75) is 19.3 Å². The van der Waals surface area contributed by atoms with E-state index in [1.165, 1.54) is 80.7 Å². The van der Waals surface area contributed by atoms with Crippen molar-refractivity contribution in [2.75, 3.05) is 0 Å². The lowest BCUT2D eigenvalue weighted by molar-refractivity contribution is 0.661. The first kappa shape index (κ1) is 21.5. The number of hydrogen-bond donors (Lipinski definition) is 0. The number of fused-ring (bicyclic) bond motifs is 12. The number of thiophene rings is 1. The van der Waals surface area contributed by atoms with Gasteiger partial charge in [0.25, 0.3) is 0 Å². The lowest BCUT2D eigenvalue weighted by atomic mass is 9.82. The Balaban J connectivity index is 1.50. The Hall–Kier alpha value is -4.40. The molecule has 2 aromatic heterocycles. The summed E-state index contributed by atoms with van der Waals surface area (Å²) < 4.78 is 5.24. The van der Waals surface area contributed by atoms with Crippen molar-refractivity contribution in [3.05, 3.63) is 126 Å². The fraction of sp³-hybridized carbons (Fsp3) is 0.0811. The van der Waals surface area contributed by atoms with Crippen molar-refractivity contribution in [3.8, 4) is 16.8 Å². The van der Waals surface area contributed by atoms with Crippen molar-refractivity contribution < 1.29 is 0 Å². The molecule has 0 unspecified atom stereocenters. The van der Waals surface area contributed by atoms with Gasteiger partial charge in [0.15, 0.2) is 0 Å². The number of hydrogen-bond acceptors (Lipinski definition) is 1. The van der Waals surface area contributed by atoms with Crippen LogP contribution >= 0.6 is 11.3 Å². The average Bonchev–Trinajstić information content (AvgIpc) is 3.59. The Morgan fingerprint density at radius 1 is 0.590 bits per heavy atom. The van der Waals surface area contributed by atoms with Gasteiger partial charge in [-0.2, -0.15) is 0 Å². The smallest absolute Gasteiger partial charge is 0.0720 e. The van der Waals surface area contributed by atoms with Crippen molar-refractivity contribution in [1.82, 2.24) is 4.57 Å². The Morgan fingerprint density at radius 2 is 1.33 bits per heavy atom. The van der Waals surface area contributed by atoms with Crippen LogP contribution in [0.15, 0.2) is 115 Å². The van der Waals surface area contributed by atoms with E-state index in [1.54, 1.807) is 0 Å². The van der Waals surface area contributed by atoms with Crippen molar-refractivity contribution in [1.29, 1.82) is 0 Å². The Labute approximate surface area is 230 Å². The van der Waals surface area contributed by atoms with Crippen LogP contribution < -0.4 is 0 Å². The summed E-state index contributed by atoms with van der Waals surface area (Å²) in [6.07, 6.45) is 0. The van der Waals surface area contributed by atoms with E-state index in [0.717, 1.165) is 0 Å². The maximum absolute atomic E-state index is 2.52. The zero-order chi connectivity index (χ0) is 25.9. The molecule has 1 aliphatic rings. The summed E-state index contributed by atoms with van der Waals surface area (Å²) in [5.41, 5.74) is 9.47. The van der Waals surface area contributed by atoms with Gasteiger partial charge in [0.05, 0.1) is 21.4 Å². The van der Waals surface area contributed by atoms with Gasteiger partial charge in [0.2, 0.25) is 0 Å². The second-order valence-electron chi connectivity index (χ2n) is 11.3. The van der Waals surface area contributed by atoms with Crippen LogP contribution in [-0.4, -0.2) is 4.57 Å². The van der Waals surface area contributed by atoms with Gasteiger partial charge in [-0.3, -0.25) is 0 Å². The molecule has 0 spiro atoms. The van der Waals surface area contributed by atoms with Crippen LogP contribution in [0.2, 0.25) is 0 Å². The summed E-state index contributed by atoms with van der Waals surface area (Å²) in [6, 6.07) is 42.8. The molecule has 0 saturated carbocycles. The van der Waals surface area contributed by atoms with Crippen LogP contribution in [0.25, 0.3) is 69.6 Å². The maximum Gasteiger partial charge on any atom is 0.0720 e. The molecule has 8 aromatic rings. The molecule has 39 heavy (non-hydrogen) atoms. The third-order valence-corrected chi connectivity index (χ3v) is 10.2. The van der Waals surface area contributed by atoms with Gasteiger partial charge < -0.3 is 4.57 Å². The van der Waals surface area contributed by atoms with Crippen LogP contribution in [0.5, 0.6) is 0 Å². The third-order valence-electron chi connectivity index (χ3n) is 8.99. The van der Waals surface area contributed by atoms with E-state index in [0.29, 0.717) is 0 Å². The predicted octanol–water partition coefficient (Wildman–Crippen LogP) is 10.6. The van der Waals surface area contributed by atoms with Gasteiger partial charge in [-0.25, -0.2) is 0 Å². The standard InChI is InChI=1S/C37H25NS/c1-37(2)28-15-7-5-14-26(28)33-29(37)20-21-32-34(33)27-19-18-25-24-13-6-8-16-31(24)38(35(25)36(27)39-32)30-17-9-11-22-10-3-4-12-23(22)30/h3-21H,1-2H3. The first-order valence-electron chi connectivity index (χ1n) is 13.6. The Bertz CT molecular complexity index is 2310. The molecule has 184 valence electrons. The highest BCUT2D eigenvalue weighted by molar-refractivity contribution is 7.26. The van der Waals surface area contributed by atoms with Gasteiger partial charge in [0, 0.05) is 37.0 Å². The van der Waals surface area contributed by atoms with Gasteiger partial charge in [-0.05, 0) is 45.8 Å². The quantitative estimate of drug-likeness (QED) is 0.205. The molecule has 9 rings (SSSR count). The average molecular weight is 516 g/mol. The molecule has 0 aliphatic heterocycles. The lowest BCUT2D eigenvalue weighted by Gasteiger charge is -2.21. The number of para-hydroxylation sites is 1. The molecule has 0 radical (unpaired) electrons. The molecule has 6 aromatic carbocycles. The topological polar surface area (TPSA) is 4.93 Å². The van der Waals surface area contributed by atoms with Gasteiger partial charge in [-0.15, -0.1) is 11.3 Å². The number of benzene rings is 6. The Morgan fingerprint density at radius 3 is 2.26 bits per heavy atom. The molecular formula is C37H25NS. The van der Waals surface area contributed by atoms with Crippen LogP contribution in [0.1, 0.15) is 25.0 Å². The normalized spacial score (nSPS) is 14.1. The van der Waals surface area contributed by atoms with Crippen LogP contribution in [0, 0.1) is 0 Å². The van der Waals surface area contributed by atoms with E-state index < -0.39 is 0 Å². The maximum atomic E-state index is 2.52. The van der Waals surface area contributed by atoms with E-state index in [2.05, 4.69) is 134 Å². The molecule has 1 nitrogen and oxygen atoms in total. The molecule has 0 fully saturated rings. The summed E-state index contributed by atoms with van der Waals surface area (Å²) in [6.45, 7) is 4.74.